The third-order valence-electron chi connectivity index (χ3n) is 10.3. The maximum Gasteiger partial charge on any atom is 0.137 e. The Morgan fingerprint density at radius 2 is 1.00 bits per heavy atom. The van der Waals surface area contributed by atoms with Gasteiger partial charge in [0.2, 0.25) is 0 Å². The molecule has 1 aliphatic carbocycles. The number of fused-ring (bicyclic) bond motifs is 8. The summed E-state index contributed by atoms with van der Waals surface area (Å²) in [6, 6.07) is 68.0. The van der Waals surface area contributed by atoms with Crippen LogP contribution in [0.4, 0.5) is 17.1 Å². The van der Waals surface area contributed by atoms with Crippen molar-refractivity contribution in [1.29, 1.82) is 0 Å². The normalized spacial score (nSPS) is 13.1. The van der Waals surface area contributed by atoms with E-state index in [2.05, 4.69) is 181 Å². The molecule has 0 saturated heterocycles. The van der Waals surface area contributed by atoms with E-state index in [1.807, 2.05) is 12.1 Å². The molecule has 1 aromatic heterocycles. The second kappa shape index (κ2) is 10.8. The lowest BCUT2D eigenvalue weighted by molar-refractivity contribution is 0.669. The van der Waals surface area contributed by atoms with Crippen LogP contribution in [0.3, 0.4) is 0 Å². The summed E-state index contributed by atoms with van der Waals surface area (Å²) in [6.45, 7) is 0. The fourth-order valence-corrected chi connectivity index (χ4v) is 8.32. The van der Waals surface area contributed by atoms with Gasteiger partial charge in [0.25, 0.3) is 0 Å². The smallest absolute Gasteiger partial charge is 0.137 e. The first-order valence-electron chi connectivity index (χ1n) is 16.9. The monoisotopic (exact) mass is 625 g/mol. The molecule has 0 amide bonds. The molecule has 0 bridgehead atoms. The van der Waals surface area contributed by atoms with Gasteiger partial charge < -0.3 is 9.32 Å². The largest absolute Gasteiger partial charge is 0.456 e. The van der Waals surface area contributed by atoms with Crippen molar-refractivity contribution < 1.29 is 4.42 Å². The zero-order chi connectivity index (χ0) is 32.4. The van der Waals surface area contributed by atoms with Crippen molar-refractivity contribution in [3.8, 4) is 11.1 Å². The second-order valence-corrected chi connectivity index (χ2v) is 12.8. The van der Waals surface area contributed by atoms with Gasteiger partial charge in [-0.15, -0.1) is 0 Å². The van der Waals surface area contributed by atoms with Crippen molar-refractivity contribution in [2.45, 2.75) is 5.41 Å². The molecule has 0 radical (unpaired) electrons. The van der Waals surface area contributed by atoms with Gasteiger partial charge in [0.05, 0.1) is 11.1 Å². The van der Waals surface area contributed by atoms with Crippen molar-refractivity contribution >= 4 is 49.8 Å². The first kappa shape index (κ1) is 27.7. The predicted octanol–water partition coefficient (Wildman–Crippen LogP) is 12.6. The van der Waals surface area contributed by atoms with E-state index >= 15 is 0 Å². The van der Waals surface area contributed by atoms with Crippen LogP contribution in [0.5, 0.6) is 0 Å². The maximum absolute atomic E-state index is 6.44. The molecule has 0 N–H and O–H groups in total. The fourth-order valence-electron chi connectivity index (χ4n) is 8.32. The number of hydrogen-bond donors (Lipinski definition) is 0. The van der Waals surface area contributed by atoms with Crippen LogP contribution in [0, 0.1) is 0 Å². The molecule has 9 aromatic rings. The van der Waals surface area contributed by atoms with Crippen molar-refractivity contribution in [3.63, 3.8) is 0 Å². The van der Waals surface area contributed by atoms with Crippen molar-refractivity contribution in [1.82, 2.24) is 0 Å². The number of anilines is 3. The highest BCUT2D eigenvalue weighted by molar-refractivity contribution is 6.10. The zero-order valence-corrected chi connectivity index (χ0v) is 26.8. The van der Waals surface area contributed by atoms with Gasteiger partial charge in [-0.3, -0.25) is 0 Å². The summed E-state index contributed by atoms with van der Waals surface area (Å²) in [5, 5.41) is 4.73. The Labute approximate surface area is 285 Å². The molecule has 0 fully saturated rings. The van der Waals surface area contributed by atoms with Crippen LogP contribution >= 0.6 is 0 Å². The molecule has 10 rings (SSSR count). The van der Waals surface area contributed by atoms with Crippen molar-refractivity contribution in [2.75, 3.05) is 4.90 Å². The Bertz CT molecular complexity index is 2620. The van der Waals surface area contributed by atoms with E-state index in [1.54, 1.807) is 0 Å². The van der Waals surface area contributed by atoms with E-state index in [1.165, 1.54) is 44.2 Å². The minimum atomic E-state index is -0.516. The van der Waals surface area contributed by atoms with Crippen LogP contribution in [0.1, 0.15) is 22.3 Å². The standard InChI is InChI=1S/C47H31NO/c1-4-16-33(17-5-1)47(34-18-6-2-7-19-34)40-24-14-25-42(46(40)45-37-22-11-10-15-32(37)27-30-41(45)47)48(35-20-8-3-9-21-35)36-28-29-39-38-23-12-13-26-43(38)49-44(39)31-36/h1-31H. The summed E-state index contributed by atoms with van der Waals surface area (Å²) in [5.41, 5.74) is 12.1. The van der Waals surface area contributed by atoms with Gasteiger partial charge >= 0.3 is 0 Å². The molecule has 0 atom stereocenters. The summed E-state index contributed by atoms with van der Waals surface area (Å²) in [6.07, 6.45) is 0. The Hall–Kier alpha value is -6.38. The molecule has 0 spiro atoms. The van der Waals surface area contributed by atoms with Crippen LogP contribution in [0.25, 0.3) is 43.8 Å². The highest BCUT2D eigenvalue weighted by Crippen LogP contribution is 2.61. The summed E-state index contributed by atoms with van der Waals surface area (Å²) < 4.78 is 6.44. The Morgan fingerprint density at radius 3 is 1.76 bits per heavy atom. The molecule has 230 valence electrons. The van der Waals surface area contributed by atoms with Gasteiger partial charge in [-0.2, -0.15) is 0 Å². The summed E-state index contributed by atoms with van der Waals surface area (Å²) >= 11 is 0. The van der Waals surface area contributed by atoms with Crippen LogP contribution in [-0.2, 0) is 5.41 Å². The van der Waals surface area contributed by atoms with E-state index in [4.69, 9.17) is 4.42 Å². The van der Waals surface area contributed by atoms with E-state index in [9.17, 15) is 0 Å². The maximum atomic E-state index is 6.44. The minimum Gasteiger partial charge on any atom is -0.456 e. The first-order chi connectivity index (χ1) is 24.3. The van der Waals surface area contributed by atoms with Gasteiger partial charge in [0, 0.05) is 33.8 Å². The van der Waals surface area contributed by atoms with Crippen LogP contribution in [-0.4, -0.2) is 0 Å². The number of hydrogen-bond acceptors (Lipinski definition) is 2. The molecule has 8 aromatic carbocycles. The van der Waals surface area contributed by atoms with Gasteiger partial charge in [0.1, 0.15) is 11.2 Å². The number of rotatable bonds is 5. The minimum absolute atomic E-state index is 0.516. The van der Waals surface area contributed by atoms with Crippen LogP contribution in [0.2, 0.25) is 0 Å². The molecule has 0 aliphatic heterocycles. The van der Waals surface area contributed by atoms with Crippen molar-refractivity contribution in [3.05, 3.63) is 210 Å². The van der Waals surface area contributed by atoms with Gasteiger partial charge in [-0.25, -0.2) is 0 Å². The third kappa shape index (κ3) is 4.01. The highest BCUT2D eigenvalue weighted by Gasteiger charge is 2.48. The van der Waals surface area contributed by atoms with E-state index in [0.29, 0.717) is 0 Å². The first-order valence-corrected chi connectivity index (χ1v) is 16.9. The summed E-state index contributed by atoms with van der Waals surface area (Å²) in [4.78, 5) is 2.41. The van der Waals surface area contributed by atoms with Gasteiger partial charge in [-0.05, 0) is 75.0 Å². The lowest BCUT2D eigenvalue weighted by Gasteiger charge is -2.34. The SMILES string of the molecule is c1ccc(N(c2ccc3c(c2)oc2ccccc23)c2cccc3c2-c2c(ccc4ccccc24)C3(c2ccccc2)c2ccccc2)cc1. The number of nitrogens with zero attached hydrogens (tertiary/aromatic N) is 1. The average Bonchev–Trinajstić information content (AvgIpc) is 3.70. The van der Waals surface area contributed by atoms with Crippen LogP contribution < -0.4 is 4.90 Å². The zero-order valence-electron chi connectivity index (χ0n) is 26.8. The highest BCUT2D eigenvalue weighted by atomic mass is 16.3. The lowest BCUT2D eigenvalue weighted by Crippen LogP contribution is -2.28. The van der Waals surface area contributed by atoms with Crippen LogP contribution in [0.15, 0.2) is 192 Å². The molecular formula is C47H31NO. The van der Waals surface area contributed by atoms with E-state index in [-0.39, 0.29) is 0 Å². The molecule has 49 heavy (non-hydrogen) atoms. The Balaban J connectivity index is 1.34. The average molecular weight is 626 g/mol. The third-order valence-corrected chi connectivity index (χ3v) is 10.3. The quantitative estimate of drug-likeness (QED) is 0.189. The van der Waals surface area contributed by atoms with Gasteiger partial charge in [0.15, 0.2) is 0 Å². The van der Waals surface area contributed by atoms with Gasteiger partial charge in [-0.1, -0.05) is 146 Å². The number of para-hydroxylation sites is 2. The number of furan rings is 1. The number of benzene rings is 8. The van der Waals surface area contributed by atoms with Crippen molar-refractivity contribution in [2.24, 2.45) is 0 Å². The molecule has 0 unspecified atom stereocenters. The second-order valence-electron chi connectivity index (χ2n) is 12.8. The molecule has 2 nitrogen and oxygen atoms in total. The molecule has 1 heterocycles. The fraction of sp³-hybridized carbons (Fsp3) is 0.0213. The molecule has 2 heteroatoms. The Morgan fingerprint density at radius 1 is 0.388 bits per heavy atom. The summed E-state index contributed by atoms with van der Waals surface area (Å²) in [5.74, 6) is 0. The molecular weight excluding hydrogens is 595 g/mol. The Kier molecular flexibility index (Phi) is 6.13. The molecule has 0 saturated carbocycles. The van der Waals surface area contributed by atoms with E-state index in [0.717, 1.165) is 39.0 Å². The predicted molar refractivity (Wildman–Crippen MR) is 203 cm³/mol. The lowest BCUT2D eigenvalue weighted by atomic mass is 9.67. The summed E-state index contributed by atoms with van der Waals surface area (Å²) in [7, 11) is 0. The van der Waals surface area contributed by atoms with E-state index < -0.39 is 5.41 Å². The topological polar surface area (TPSA) is 16.4 Å². The molecule has 1 aliphatic rings.